The van der Waals surface area contributed by atoms with Gasteiger partial charge in [-0.15, -0.1) is 11.3 Å². The van der Waals surface area contributed by atoms with Crippen molar-refractivity contribution in [3.63, 3.8) is 0 Å². The van der Waals surface area contributed by atoms with Gasteiger partial charge in [0, 0.05) is 21.2 Å². The molecule has 0 saturated carbocycles. The van der Waals surface area contributed by atoms with Crippen molar-refractivity contribution in [1.82, 2.24) is 4.98 Å². The van der Waals surface area contributed by atoms with Gasteiger partial charge in [0.15, 0.2) is 0 Å². The van der Waals surface area contributed by atoms with E-state index >= 15 is 0 Å². The van der Waals surface area contributed by atoms with Gasteiger partial charge in [-0.05, 0) is 31.2 Å². The van der Waals surface area contributed by atoms with Crippen molar-refractivity contribution in [2.75, 3.05) is 0 Å². The predicted molar refractivity (Wildman–Crippen MR) is 100 cm³/mol. The number of ether oxygens (including phenoxy) is 1. The number of rotatable bonds is 5. The molecule has 1 heterocycles. The fourth-order valence-electron chi connectivity index (χ4n) is 2.24. The van der Waals surface area contributed by atoms with Gasteiger partial charge in [0.2, 0.25) is 0 Å². The number of aryl methyl sites for hydroxylation is 1. The molecular formula is C18H13Cl2NO3S. The van der Waals surface area contributed by atoms with Gasteiger partial charge in [-0.3, -0.25) is 0 Å². The molecule has 3 aromatic rings. The van der Waals surface area contributed by atoms with Crippen LogP contribution in [0.5, 0.6) is 5.75 Å². The van der Waals surface area contributed by atoms with E-state index in [1.807, 2.05) is 30.3 Å². The number of thiazole rings is 1. The molecule has 0 spiro atoms. The van der Waals surface area contributed by atoms with E-state index in [4.69, 9.17) is 33.0 Å². The smallest absolute Gasteiger partial charge is 0.347 e. The van der Waals surface area contributed by atoms with Gasteiger partial charge in [-0.25, -0.2) is 9.78 Å². The average molecular weight is 394 g/mol. The van der Waals surface area contributed by atoms with E-state index in [1.54, 1.807) is 19.1 Å². The summed E-state index contributed by atoms with van der Waals surface area (Å²) in [4.78, 5) is 15.7. The molecule has 0 aliphatic rings. The maximum absolute atomic E-state index is 11.2. The first-order valence-corrected chi connectivity index (χ1v) is 8.89. The third-order valence-electron chi connectivity index (χ3n) is 3.48. The third-order valence-corrected chi connectivity index (χ3v) is 5.26. The number of hydrogen-bond acceptors (Lipinski definition) is 4. The summed E-state index contributed by atoms with van der Waals surface area (Å²) in [5, 5.41) is 10.9. The summed E-state index contributed by atoms with van der Waals surface area (Å²) in [6.07, 6.45) is 0. The summed E-state index contributed by atoms with van der Waals surface area (Å²) < 4.78 is 5.79. The Hall–Kier alpha value is -2.08. The zero-order valence-electron chi connectivity index (χ0n) is 13.1. The van der Waals surface area contributed by atoms with E-state index in [0.717, 1.165) is 22.5 Å². The van der Waals surface area contributed by atoms with Crippen LogP contribution in [0, 0.1) is 6.92 Å². The molecule has 0 saturated heterocycles. The Balaban J connectivity index is 1.79. The van der Waals surface area contributed by atoms with Gasteiger partial charge < -0.3 is 9.84 Å². The van der Waals surface area contributed by atoms with Crippen molar-refractivity contribution in [3.05, 3.63) is 68.6 Å². The molecule has 128 valence electrons. The van der Waals surface area contributed by atoms with Crippen LogP contribution in [-0.2, 0) is 6.61 Å². The highest BCUT2D eigenvalue weighted by Crippen LogP contribution is 2.30. The van der Waals surface area contributed by atoms with E-state index < -0.39 is 5.97 Å². The molecule has 0 aliphatic heterocycles. The molecule has 0 bridgehead atoms. The molecule has 7 heteroatoms. The lowest BCUT2D eigenvalue weighted by Crippen LogP contribution is -1.96. The molecule has 3 rings (SSSR count). The highest BCUT2D eigenvalue weighted by atomic mass is 35.5. The number of aromatic carboxylic acids is 1. The van der Waals surface area contributed by atoms with Crippen molar-refractivity contribution in [1.29, 1.82) is 0 Å². The second-order valence-corrected chi connectivity index (χ2v) is 7.13. The summed E-state index contributed by atoms with van der Waals surface area (Å²) in [6, 6.07) is 12.6. The minimum absolute atomic E-state index is 0.245. The quantitative estimate of drug-likeness (QED) is 0.603. The Morgan fingerprint density at radius 3 is 2.72 bits per heavy atom. The first-order chi connectivity index (χ1) is 11.9. The van der Waals surface area contributed by atoms with E-state index in [2.05, 4.69) is 4.98 Å². The van der Waals surface area contributed by atoms with E-state index in [1.165, 1.54) is 0 Å². The molecular weight excluding hydrogens is 381 g/mol. The molecule has 1 aromatic heterocycles. The SMILES string of the molecule is Cc1nc(-c2cccc(OCc3ccc(Cl)cc3Cl)c2)sc1C(=O)O. The van der Waals surface area contributed by atoms with Crippen LogP contribution >= 0.6 is 34.5 Å². The summed E-state index contributed by atoms with van der Waals surface area (Å²) in [5.41, 5.74) is 2.14. The highest BCUT2D eigenvalue weighted by molar-refractivity contribution is 7.17. The van der Waals surface area contributed by atoms with Crippen molar-refractivity contribution >= 4 is 40.5 Å². The van der Waals surface area contributed by atoms with Crippen LogP contribution < -0.4 is 4.74 Å². The fourth-order valence-corrected chi connectivity index (χ4v) is 3.60. The lowest BCUT2D eigenvalue weighted by molar-refractivity contribution is 0.0701. The fraction of sp³-hybridized carbons (Fsp3) is 0.111. The molecule has 0 atom stereocenters. The van der Waals surface area contributed by atoms with Crippen LogP contribution in [0.4, 0.5) is 0 Å². The monoisotopic (exact) mass is 393 g/mol. The summed E-state index contributed by atoms with van der Waals surface area (Å²) in [5.74, 6) is -0.320. The standard InChI is InChI=1S/C18H13Cl2NO3S/c1-10-16(18(22)23)25-17(21-10)11-3-2-4-14(7-11)24-9-12-5-6-13(19)8-15(12)20/h2-8H,9H2,1H3,(H,22,23). The maximum Gasteiger partial charge on any atom is 0.347 e. The Bertz CT molecular complexity index is 940. The summed E-state index contributed by atoms with van der Waals surface area (Å²) >= 11 is 13.2. The van der Waals surface area contributed by atoms with E-state index in [0.29, 0.717) is 33.1 Å². The number of carboxylic acid groups (broad SMARTS) is 1. The second kappa shape index (κ2) is 7.44. The first kappa shape index (κ1) is 17.7. The predicted octanol–water partition coefficient (Wildman–Crippen LogP) is 5.70. The summed E-state index contributed by atoms with van der Waals surface area (Å²) in [7, 11) is 0. The molecule has 0 unspecified atom stereocenters. The van der Waals surface area contributed by atoms with Gasteiger partial charge in [0.25, 0.3) is 0 Å². The zero-order valence-corrected chi connectivity index (χ0v) is 15.5. The minimum Gasteiger partial charge on any atom is -0.489 e. The Kier molecular flexibility index (Phi) is 5.27. The Morgan fingerprint density at radius 1 is 1.24 bits per heavy atom. The molecule has 25 heavy (non-hydrogen) atoms. The van der Waals surface area contributed by atoms with E-state index in [-0.39, 0.29) is 4.88 Å². The molecule has 0 fully saturated rings. The third kappa shape index (κ3) is 4.12. The largest absolute Gasteiger partial charge is 0.489 e. The van der Waals surface area contributed by atoms with Gasteiger partial charge in [0.1, 0.15) is 22.2 Å². The normalized spacial score (nSPS) is 10.7. The molecule has 0 aliphatic carbocycles. The van der Waals surface area contributed by atoms with Crippen molar-refractivity contribution in [2.24, 2.45) is 0 Å². The van der Waals surface area contributed by atoms with Crippen molar-refractivity contribution in [2.45, 2.75) is 13.5 Å². The molecule has 4 nitrogen and oxygen atoms in total. The van der Waals surface area contributed by atoms with Crippen LogP contribution in [0.3, 0.4) is 0 Å². The number of nitrogens with zero attached hydrogens (tertiary/aromatic N) is 1. The van der Waals surface area contributed by atoms with Crippen molar-refractivity contribution < 1.29 is 14.6 Å². The number of aromatic nitrogens is 1. The summed E-state index contributed by atoms with van der Waals surface area (Å²) in [6.45, 7) is 1.99. The minimum atomic E-state index is -0.967. The van der Waals surface area contributed by atoms with Gasteiger partial charge >= 0.3 is 5.97 Å². The lowest BCUT2D eigenvalue weighted by Gasteiger charge is -2.09. The van der Waals surface area contributed by atoms with Crippen LogP contribution in [0.1, 0.15) is 20.9 Å². The number of benzene rings is 2. The van der Waals surface area contributed by atoms with E-state index in [9.17, 15) is 4.79 Å². The highest BCUT2D eigenvalue weighted by Gasteiger charge is 2.15. The van der Waals surface area contributed by atoms with Gasteiger partial charge in [-0.1, -0.05) is 41.4 Å². The van der Waals surface area contributed by atoms with Crippen molar-refractivity contribution in [3.8, 4) is 16.3 Å². The first-order valence-electron chi connectivity index (χ1n) is 7.32. The Morgan fingerprint density at radius 2 is 2.04 bits per heavy atom. The number of halogens is 2. The zero-order chi connectivity index (χ0) is 18.0. The molecule has 0 amide bonds. The van der Waals surface area contributed by atoms with Crippen LogP contribution in [0.15, 0.2) is 42.5 Å². The Labute approximate surface area is 158 Å². The molecule has 1 N–H and O–H groups in total. The number of carbonyl (C=O) groups is 1. The molecule has 0 radical (unpaired) electrons. The number of hydrogen-bond donors (Lipinski definition) is 1. The maximum atomic E-state index is 11.2. The lowest BCUT2D eigenvalue weighted by atomic mass is 10.2. The number of carboxylic acids is 1. The van der Waals surface area contributed by atoms with Crippen LogP contribution in [0.2, 0.25) is 10.0 Å². The topological polar surface area (TPSA) is 59.4 Å². The van der Waals surface area contributed by atoms with Crippen LogP contribution in [-0.4, -0.2) is 16.1 Å². The second-order valence-electron chi connectivity index (χ2n) is 5.29. The van der Waals surface area contributed by atoms with Gasteiger partial charge in [-0.2, -0.15) is 0 Å². The average Bonchev–Trinajstić information content (AvgIpc) is 2.96. The van der Waals surface area contributed by atoms with Gasteiger partial charge in [0.05, 0.1) is 5.69 Å². The molecule has 2 aromatic carbocycles. The van der Waals surface area contributed by atoms with Crippen LogP contribution in [0.25, 0.3) is 10.6 Å².